The molecule has 0 spiro atoms. The molecule has 2 rings (SSSR count). The van der Waals surface area contributed by atoms with Crippen LogP contribution in [0.3, 0.4) is 0 Å². The second kappa shape index (κ2) is 7.38. The number of rotatable bonds is 6. The third kappa shape index (κ3) is 3.84. The predicted molar refractivity (Wildman–Crippen MR) is 85.9 cm³/mol. The molecule has 1 aliphatic heterocycles. The monoisotopic (exact) mass is 310 g/mol. The van der Waals surface area contributed by atoms with Crippen molar-refractivity contribution in [3.63, 3.8) is 0 Å². The molecule has 1 N–H and O–H groups in total. The summed E-state index contributed by atoms with van der Waals surface area (Å²) in [6.07, 6.45) is 5.06. The van der Waals surface area contributed by atoms with Gasteiger partial charge >= 0.3 is 0 Å². The molecule has 1 aromatic carbocycles. The van der Waals surface area contributed by atoms with Crippen LogP contribution in [0.4, 0.5) is 0 Å². The fraction of sp³-hybridized carbons (Fsp3) is 0.625. The van der Waals surface area contributed by atoms with Gasteiger partial charge in [0.2, 0.25) is 10.0 Å². The van der Waals surface area contributed by atoms with Gasteiger partial charge in [-0.3, -0.25) is 0 Å². The van der Waals surface area contributed by atoms with Crippen molar-refractivity contribution in [1.29, 1.82) is 0 Å². The van der Waals surface area contributed by atoms with Crippen LogP contribution in [-0.4, -0.2) is 38.9 Å². The summed E-state index contributed by atoms with van der Waals surface area (Å²) in [5, 5.41) is 3.11. The highest BCUT2D eigenvalue weighted by molar-refractivity contribution is 7.89. The van der Waals surface area contributed by atoms with Gasteiger partial charge < -0.3 is 5.32 Å². The van der Waals surface area contributed by atoms with Crippen molar-refractivity contribution < 1.29 is 8.42 Å². The molecule has 0 bridgehead atoms. The zero-order valence-electron chi connectivity index (χ0n) is 13.0. The Kier molecular flexibility index (Phi) is 5.79. The highest BCUT2D eigenvalue weighted by Gasteiger charge is 2.32. The van der Waals surface area contributed by atoms with Gasteiger partial charge in [-0.2, -0.15) is 4.31 Å². The van der Waals surface area contributed by atoms with Crippen LogP contribution in [0.25, 0.3) is 0 Å². The Morgan fingerprint density at radius 1 is 1.24 bits per heavy atom. The summed E-state index contributed by atoms with van der Waals surface area (Å²) in [7, 11) is -1.50. The molecular weight excluding hydrogens is 284 g/mol. The quantitative estimate of drug-likeness (QED) is 0.878. The fourth-order valence-electron chi connectivity index (χ4n) is 2.98. The molecule has 1 atom stereocenters. The molecule has 0 aromatic heterocycles. The number of nitrogens with one attached hydrogen (secondary N) is 1. The minimum absolute atomic E-state index is 0.0732. The van der Waals surface area contributed by atoms with Crippen molar-refractivity contribution in [3.8, 4) is 0 Å². The van der Waals surface area contributed by atoms with Crippen LogP contribution in [-0.2, 0) is 16.4 Å². The molecule has 118 valence electrons. The average Bonchev–Trinajstić information content (AvgIpc) is 2.49. The number of sulfonamides is 1. The standard InChI is InChI=1S/C16H26N2O2S/c1-3-6-14-8-10-16(11-9-14)21(19,20)18-12-5-4-7-15(18)13-17-2/h8-11,15,17H,3-7,12-13H2,1-2H3. The first kappa shape index (κ1) is 16.5. The van der Waals surface area contributed by atoms with Crippen LogP contribution in [0.1, 0.15) is 38.2 Å². The SMILES string of the molecule is CCCc1ccc(S(=O)(=O)N2CCCCC2CNC)cc1. The first-order valence-electron chi connectivity index (χ1n) is 7.85. The van der Waals surface area contributed by atoms with E-state index < -0.39 is 10.0 Å². The molecule has 5 heteroatoms. The summed E-state index contributed by atoms with van der Waals surface area (Å²) < 4.78 is 27.4. The Labute approximate surface area is 128 Å². The summed E-state index contributed by atoms with van der Waals surface area (Å²) in [6.45, 7) is 3.47. The zero-order chi connectivity index (χ0) is 15.3. The van der Waals surface area contributed by atoms with Gasteiger partial charge in [0.25, 0.3) is 0 Å². The third-order valence-electron chi connectivity index (χ3n) is 4.08. The molecule has 1 saturated heterocycles. The maximum Gasteiger partial charge on any atom is 0.243 e. The largest absolute Gasteiger partial charge is 0.318 e. The van der Waals surface area contributed by atoms with Crippen LogP contribution in [0.2, 0.25) is 0 Å². The number of aryl methyl sites for hydroxylation is 1. The highest BCUT2D eigenvalue weighted by Crippen LogP contribution is 2.25. The Hall–Kier alpha value is -0.910. The predicted octanol–water partition coefficient (Wildman–Crippen LogP) is 2.40. The van der Waals surface area contributed by atoms with E-state index in [9.17, 15) is 8.42 Å². The topological polar surface area (TPSA) is 49.4 Å². The molecule has 0 aliphatic carbocycles. The minimum Gasteiger partial charge on any atom is -0.318 e. The van der Waals surface area contributed by atoms with Gasteiger partial charge in [0.05, 0.1) is 4.90 Å². The second-order valence-electron chi connectivity index (χ2n) is 5.72. The summed E-state index contributed by atoms with van der Waals surface area (Å²) in [5.74, 6) is 0. The number of nitrogens with zero attached hydrogens (tertiary/aromatic N) is 1. The van der Waals surface area contributed by atoms with E-state index in [2.05, 4.69) is 12.2 Å². The lowest BCUT2D eigenvalue weighted by molar-refractivity contribution is 0.249. The highest BCUT2D eigenvalue weighted by atomic mass is 32.2. The lowest BCUT2D eigenvalue weighted by Crippen LogP contribution is -2.47. The third-order valence-corrected chi connectivity index (χ3v) is 6.05. The maximum absolute atomic E-state index is 12.8. The van der Waals surface area contributed by atoms with Crippen molar-refractivity contribution in [2.24, 2.45) is 0 Å². The Morgan fingerprint density at radius 3 is 2.57 bits per heavy atom. The number of hydrogen-bond donors (Lipinski definition) is 1. The van der Waals surface area contributed by atoms with Crippen molar-refractivity contribution >= 4 is 10.0 Å². The van der Waals surface area contributed by atoms with Crippen LogP contribution >= 0.6 is 0 Å². The lowest BCUT2D eigenvalue weighted by atomic mass is 10.1. The van der Waals surface area contributed by atoms with Crippen molar-refractivity contribution in [3.05, 3.63) is 29.8 Å². The van der Waals surface area contributed by atoms with Crippen LogP contribution in [0.15, 0.2) is 29.2 Å². The van der Waals surface area contributed by atoms with Gasteiger partial charge in [-0.15, -0.1) is 0 Å². The summed E-state index contributed by atoms with van der Waals surface area (Å²) >= 11 is 0. The molecule has 1 heterocycles. The Morgan fingerprint density at radius 2 is 1.95 bits per heavy atom. The van der Waals surface area contributed by atoms with E-state index in [0.29, 0.717) is 18.0 Å². The Bertz CT molecular complexity index is 538. The van der Waals surface area contributed by atoms with E-state index in [0.717, 1.165) is 32.1 Å². The molecule has 4 nitrogen and oxygen atoms in total. The van der Waals surface area contributed by atoms with Gasteiger partial charge in [0.15, 0.2) is 0 Å². The van der Waals surface area contributed by atoms with E-state index in [1.165, 1.54) is 5.56 Å². The van der Waals surface area contributed by atoms with E-state index in [-0.39, 0.29) is 6.04 Å². The van der Waals surface area contributed by atoms with Gasteiger partial charge in [-0.1, -0.05) is 31.9 Å². The Balaban J connectivity index is 2.22. The van der Waals surface area contributed by atoms with E-state index >= 15 is 0 Å². The molecule has 1 aromatic rings. The molecule has 0 radical (unpaired) electrons. The summed E-state index contributed by atoms with van der Waals surface area (Å²) in [4.78, 5) is 0.422. The van der Waals surface area contributed by atoms with E-state index in [1.54, 1.807) is 16.4 Å². The zero-order valence-corrected chi connectivity index (χ0v) is 13.8. The number of benzene rings is 1. The van der Waals surface area contributed by atoms with Gasteiger partial charge in [0.1, 0.15) is 0 Å². The maximum atomic E-state index is 12.8. The first-order valence-corrected chi connectivity index (χ1v) is 9.29. The van der Waals surface area contributed by atoms with Crippen LogP contribution in [0.5, 0.6) is 0 Å². The van der Waals surface area contributed by atoms with Crippen LogP contribution in [0, 0.1) is 0 Å². The van der Waals surface area contributed by atoms with Gasteiger partial charge in [-0.05, 0) is 44.0 Å². The van der Waals surface area contributed by atoms with E-state index in [1.807, 2.05) is 19.2 Å². The number of piperidine rings is 1. The van der Waals surface area contributed by atoms with Gasteiger partial charge in [0, 0.05) is 19.1 Å². The average molecular weight is 310 g/mol. The summed E-state index contributed by atoms with van der Waals surface area (Å²) in [6, 6.07) is 7.46. The fourth-order valence-corrected chi connectivity index (χ4v) is 4.67. The van der Waals surface area contributed by atoms with Crippen molar-refractivity contribution in [1.82, 2.24) is 9.62 Å². The smallest absolute Gasteiger partial charge is 0.243 e. The molecule has 1 fully saturated rings. The second-order valence-corrected chi connectivity index (χ2v) is 7.61. The van der Waals surface area contributed by atoms with E-state index in [4.69, 9.17) is 0 Å². The lowest BCUT2D eigenvalue weighted by Gasteiger charge is -2.34. The minimum atomic E-state index is -3.37. The molecule has 21 heavy (non-hydrogen) atoms. The summed E-state index contributed by atoms with van der Waals surface area (Å²) in [5.41, 5.74) is 1.20. The molecular formula is C16H26N2O2S. The normalized spacial score (nSPS) is 20.6. The van der Waals surface area contributed by atoms with Crippen LogP contribution < -0.4 is 5.32 Å². The first-order chi connectivity index (χ1) is 10.1. The number of likely N-dealkylation sites (N-methyl/N-ethyl adjacent to an activating group) is 1. The van der Waals surface area contributed by atoms with Gasteiger partial charge in [-0.25, -0.2) is 8.42 Å². The van der Waals surface area contributed by atoms with Crippen molar-refractivity contribution in [2.45, 2.75) is 50.0 Å². The molecule has 1 unspecified atom stereocenters. The molecule has 0 amide bonds. The van der Waals surface area contributed by atoms with Crippen molar-refractivity contribution in [2.75, 3.05) is 20.1 Å². The number of hydrogen-bond acceptors (Lipinski definition) is 3. The molecule has 0 saturated carbocycles. The molecule has 1 aliphatic rings.